The van der Waals surface area contributed by atoms with Crippen LogP contribution in [0, 0.1) is 12.7 Å². The van der Waals surface area contributed by atoms with Crippen molar-refractivity contribution < 1.29 is 14.0 Å². The monoisotopic (exact) mass is 382 g/mol. The average molecular weight is 382 g/mol. The maximum atomic E-state index is 14.0. The van der Waals surface area contributed by atoms with Crippen LogP contribution in [0.5, 0.6) is 0 Å². The minimum atomic E-state index is -0.396. The molecule has 0 spiro atoms. The number of imide groups is 1. The number of aryl methyl sites for hydroxylation is 1. The summed E-state index contributed by atoms with van der Waals surface area (Å²) in [7, 11) is 0. The third-order valence-corrected chi connectivity index (χ3v) is 5.42. The lowest BCUT2D eigenvalue weighted by atomic mass is 10.1. The van der Waals surface area contributed by atoms with E-state index in [4.69, 9.17) is 0 Å². The van der Waals surface area contributed by atoms with E-state index in [2.05, 4.69) is 10.2 Å². The van der Waals surface area contributed by atoms with Crippen LogP contribution in [-0.2, 0) is 4.79 Å². The number of hydrogen-bond acceptors (Lipinski definition) is 4. The van der Waals surface area contributed by atoms with Gasteiger partial charge in [-0.3, -0.25) is 9.69 Å². The molecule has 0 aromatic heterocycles. The van der Waals surface area contributed by atoms with Crippen molar-refractivity contribution in [3.8, 4) is 0 Å². The lowest BCUT2D eigenvalue weighted by molar-refractivity contribution is -0.120. The maximum absolute atomic E-state index is 14.0. The van der Waals surface area contributed by atoms with E-state index in [-0.39, 0.29) is 24.3 Å². The van der Waals surface area contributed by atoms with E-state index >= 15 is 0 Å². The Hall–Kier alpha value is -2.93. The highest BCUT2D eigenvalue weighted by Crippen LogP contribution is 2.25. The third-order valence-electron chi connectivity index (χ3n) is 5.42. The fourth-order valence-electron chi connectivity index (χ4n) is 3.89. The van der Waals surface area contributed by atoms with Crippen LogP contribution < -0.4 is 15.1 Å². The molecular formula is C21H23FN4O2. The van der Waals surface area contributed by atoms with Gasteiger partial charge in [-0.1, -0.05) is 30.3 Å². The van der Waals surface area contributed by atoms with Crippen LogP contribution in [-0.4, -0.2) is 49.2 Å². The number of anilines is 2. The van der Waals surface area contributed by atoms with Crippen LogP contribution in [0.15, 0.2) is 48.5 Å². The van der Waals surface area contributed by atoms with Gasteiger partial charge >= 0.3 is 6.03 Å². The molecule has 2 fully saturated rings. The fourth-order valence-corrected chi connectivity index (χ4v) is 3.89. The van der Waals surface area contributed by atoms with Gasteiger partial charge in [0, 0.05) is 26.2 Å². The van der Waals surface area contributed by atoms with E-state index in [1.54, 1.807) is 18.2 Å². The number of benzene rings is 2. The number of halogens is 1. The van der Waals surface area contributed by atoms with E-state index in [0.717, 1.165) is 5.56 Å². The van der Waals surface area contributed by atoms with Crippen LogP contribution >= 0.6 is 0 Å². The lowest BCUT2D eigenvalue weighted by Crippen LogP contribution is -2.63. The lowest BCUT2D eigenvalue weighted by Gasteiger charge is -2.42. The van der Waals surface area contributed by atoms with Crippen molar-refractivity contribution in [2.75, 3.05) is 36.0 Å². The number of carbonyl (C=O) groups is 2. The predicted molar refractivity (Wildman–Crippen MR) is 106 cm³/mol. The summed E-state index contributed by atoms with van der Waals surface area (Å²) in [6, 6.07) is 13.7. The number of piperazine rings is 1. The van der Waals surface area contributed by atoms with Gasteiger partial charge in [0.2, 0.25) is 5.91 Å². The summed E-state index contributed by atoms with van der Waals surface area (Å²) in [5.74, 6) is -0.439. The largest absolute Gasteiger partial charge is 0.367 e. The summed E-state index contributed by atoms with van der Waals surface area (Å²) in [6.07, 6.45) is -0.109. The Labute approximate surface area is 163 Å². The Morgan fingerprint density at radius 2 is 1.57 bits per heavy atom. The average Bonchev–Trinajstić information content (AvgIpc) is 2.69. The normalized spacial score (nSPS) is 21.0. The van der Waals surface area contributed by atoms with Crippen LogP contribution in [0.4, 0.5) is 20.6 Å². The standard InChI is InChI=1S/C21H23FN4O2/c1-15-6-2-4-8-17(15)26-20(27)14-19(23-21(26)28)25-12-10-24(11-13-25)18-9-5-3-7-16(18)22/h2-9,19H,10-14H2,1H3,(H,23,28). The molecular weight excluding hydrogens is 359 g/mol. The second kappa shape index (κ2) is 7.59. The third kappa shape index (κ3) is 3.45. The topological polar surface area (TPSA) is 55.9 Å². The van der Waals surface area contributed by atoms with Crippen molar-refractivity contribution in [2.45, 2.75) is 19.5 Å². The maximum Gasteiger partial charge on any atom is 0.330 e. The van der Waals surface area contributed by atoms with Gasteiger partial charge < -0.3 is 10.2 Å². The van der Waals surface area contributed by atoms with Gasteiger partial charge in [-0.2, -0.15) is 0 Å². The summed E-state index contributed by atoms with van der Waals surface area (Å²) < 4.78 is 14.0. The number of para-hydroxylation sites is 2. The van der Waals surface area contributed by atoms with E-state index in [0.29, 0.717) is 37.6 Å². The highest BCUT2D eigenvalue weighted by atomic mass is 19.1. The molecule has 0 bridgehead atoms. The summed E-state index contributed by atoms with van der Waals surface area (Å²) in [6.45, 7) is 4.46. The molecule has 2 saturated heterocycles. The zero-order chi connectivity index (χ0) is 19.7. The van der Waals surface area contributed by atoms with Gasteiger partial charge in [-0.25, -0.2) is 14.1 Å². The number of amides is 3. The highest BCUT2D eigenvalue weighted by Gasteiger charge is 2.37. The number of hydrogen-bond donors (Lipinski definition) is 1. The molecule has 2 heterocycles. The van der Waals surface area contributed by atoms with Crippen molar-refractivity contribution in [2.24, 2.45) is 0 Å². The highest BCUT2D eigenvalue weighted by molar-refractivity contribution is 6.16. The molecule has 2 aliphatic rings. The van der Waals surface area contributed by atoms with Crippen molar-refractivity contribution in [1.29, 1.82) is 0 Å². The van der Waals surface area contributed by atoms with E-state index < -0.39 is 6.03 Å². The molecule has 1 atom stereocenters. The van der Waals surface area contributed by atoms with Crippen LogP contribution in [0.2, 0.25) is 0 Å². The van der Waals surface area contributed by atoms with Crippen molar-refractivity contribution >= 4 is 23.3 Å². The number of rotatable bonds is 3. The van der Waals surface area contributed by atoms with Gasteiger partial charge in [0.15, 0.2) is 0 Å². The number of carbonyl (C=O) groups excluding carboxylic acids is 2. The predicted octanol–water partition coefficient (Wildman–Crippen LogP) is 2.73. The van der Waals surface area contributed by atoms with Crippen LogP contribution in [0.25, 0.3) is 0 Å². The Morgan fingerprint density at radius 3 is 2.21 bits per heavy atom. The molecule has 146 valence electrons. The zero-order valence-electron chi connectivity index (χ0n) is 15.8. The van der Waals surface area contributed by atoms with Crippen molar-refractivity contribution in [1.82, 2.24) is 10.2 Å². The first-order valence-corrected chi connectivity index (χ1v) is 9.47. The molecule has 1 N–H and O–H groups in total. The minimum absolute atomic E-state index is 0.209. The van der Waals surface area contributed by atoms with Crippen LogP contribution in [0.1, 0.15) is 12.0 Å². The Morgan fingerprint density at radius 1 is 0.929 bits per heavy atom. The van der Waals surface area contributed by atoms with E-state index in [1.807, 2.05) is 36.1 Å². The van der Waals surface area contributed by atoms with Crippen LogP contribution in [0.3, 0.4) is 0 Å². The summed E-state index contributed by atoms with van der Waals surface area (Å²) in [4.78, 5) is 30.7. The quantitative estimate of drug-likeness (QED) is 0.887. The minimum Gasteiger partial charge on any atom is -0.367 e. The van der Waals surface area contributed by atoms with E-state index in [9.17, 15) is 14.0 Å². The Bertz CT molecular complexity index is 877. The van der Waals surface area contributed by atoms with Gasteiger partial charge in [0.1, 0.15) is 5.82 Å². The number of urea groups is 1. The molecule has 3 amide bonds. The fraction of sp³-hybridized carbons (Fsp3) is 0.333. The second-order valence-electron chi connectivity index (χ2n) is 7.16. The molecule has 0 aliphatic carbocycles. The number of nitrogens with zero attached hydrogens (tertiary/aromatic N) is 3. The van der Waals surface area contributed by atoms with Crippen molar-refractivity contribution in [3.05, 3.63) is 59.9 Å². The smallest absolute Gasteiger partial charge is 0.330 e. The summed E-state index contributed by atoms with van der Waals surface area (Å²) in [5, 5.41) is 2.96. The molecule has 2 aromatic carbocycles. The van der Waals surface area contributed by atoms with Gasteiger partial charge in [-0.05, 0) is 30.7 Å². The first kappa shape index (κ1) is 18.4. The molecule has 4 rings (SSSR count). The Kier molecular flexibility index (Phi) is 5.00. The molecule has 2 aliphatic heterocycles. The number of nitrogens with one attached hydrogen (secondary N) is 1. The second-order valence-corrected chi connectivity index (χ2v) is 7.16. The van der Waals surface area contributed by atoms with E-state index in [1.165, 1.54) is 11.0 Å². The molecule has 7 heteroatoms. The SMILES string of the molecule is Cc1ccccc1N1C(=O)CC(N2CCN(c3ccccc3F)CC2)NC1=O. The molecule has 0 radical (unpaired) electrons. The molecule has 2 aromatic rings. The molecule has 28 heavy (non-hydrogen) atoms. The van der Waals surface area contributed by atoms with Gasteiger partial charge in [-0.15, -0.1) is 0 Å². The Balaban J connectivity index is 1.41. The molecule has 1 unspecified atom stereocenters. The summed E-state index contributed by atoms with van der Waals surface area (Å²) >= 11 is 0. The zero-order valence-corrected chi connectivity index (χ0v) is 15.8. The molecule has 0 saturated carbocycles. The first-order chi connectivity index (χ1) is 13.5. The summed E-state index contributed by atoms with van der Waals surface area (Å²) in [5.41, 5.74) is 2.09. The molecule has 6 nitrogen and oxygen atoms in total. The van der Waals surface area contributed by atoms with Gasteiger partial charge in [0.25, 0.3) is 0 Å². The van der Waals surface area contributed by atoms with Gasteiger partial charge in [0.05, 0.1) is 24.0 Å². The van der Waals surface area contributed by atoms with Crippen molar-refractivity contribution in [3.63, 3.8) is 0 Å². The first-order valence-electron chi connectivity index (χ1n) is 9.47.